The van der Waals surface area contributed by atoms with E-state index in [1.165, 1.54) is 12.8 Å². The van der Waals surface area contributed by atoms with Crippen LogP contribution in [0.15, 0.2) is 23.4 Å². The molecule has 92 valence electrons. The Bertz CT molecular complexity index is 419. The first-order valence-corrected chi connectivity index (χ1v) is 5.98. The van der Waals surface area contributed by atoms with Crippen LogP contribution in [0, 0.1) is 0 Å². The molecule has 2 rings (SSSR count). The molecular weight excluding hydrogens is 216 g/mol. The minimum Gasteiger partial charge on any atom is -0.409 e. The first-order valence-electron chi connectivity index (χ1n) is 5.98. The van der Waals surface area contributed by atoms with Gasteiger partial charge in [0.1, 0.15) is 11.5 Å². The SMILES string of the molecule is CCC1CCCN1c1cccc(C(N)=NO)n1. The van der Waals surface area contributed by atoms with Crippen molar-refractivity contribution in [2.24, 2.45) is 10.9 Å². The van der Waals surface area contributed by atoms with Gasteiger partial charge in [0.2, 0.25) is 0 Å². The highest BCUT2D eigenvalue weighted by Gasteiger charge is 2.24. The summed E-state index contributed by atoms with van der Waals surface area (Å²) in [6.45, 7) is 3.22. The maximum absolute atomic E-state index is 8.65. The molecule has 0 aliphatic carbocycles. The van der Waals surface area contributed by atoms with Crippen molar-refractivity contribution in [3.05, 3.63) is 23.9 Å². The minimum atomic E-state index is 0.0547. The third-order valence-electron chi connectivity index (χ3n) is 3.25. The lowest BCUT2D eigenvalue weighted by Gasteiger charge is -2.24. The summed E-state index contributed by atoms with van der Waals surface area (Å²) in [5.74, 6) is 0.970. The van der Waals surface area contributed by atoms with Gasteiger partial charge in [-0.1, -0.05) is 18.1 Å². The number of pyridine rings is 1. The summed E-state index contributed by atoms with van der Waals surface area (Å²) in [5.41, 5.74) is 6.07. The molecule has 0 amide bonds. The van der Waals surface area contributed by atoms with Gasteiger partial charge < -0.3 is 15.8 Å². The van der Waals surface area contributed by atoms with Crippen molar-refractivity contribution in [2.45, 2.75) is 32.2 Å². The van der Waals surface area contributed by atoms with E-state index < -0.39 is 0 Å². The Morgan fingerprint density at radius 1 is 1.65 bits per heavy atom. The Hall–Kier alpha value is -1.78. The van der Waals surface area contributed by atoms with Crippen LogP contribution in [0.3, 0.4) is 0 Å². The highest BCUT2D eigenvalue weighted by Crippen LogP contribution is 2.25. The van der Waals surface area contributed by atoms with E-state index in [1.54, 1.807) is 6.07 Å². The Morgan fingerprint density at radius 3 is 3.18 bits per heavy atom. The van der Waals surface area contributed by atoms with E-state index in [1.807, 2.05) is 12.1 Å². The average Bonchev–Trinajstić information content (AvgIpc) is 2.86. The molecule has 5 nitrogen and oxygen atoms in total. The van der Waals surface area contributed by atoms with Crippen molar-refractivity contribution >= 4 is 11.7 Å². The summed E-state index contributed by atoms with van der Waals surface area (Å²) in [4.78, 5) is 6.73. The van der Waals surface area contributed by atoms with Gasteiger partial charge in [0.25, 0.3) is 0 Å². The maximum Gasteiger partial charge on any atom is 0.188 e. The van der Waals surface area contributed by atoms with Crippen molar-refractivity contribution in [3.8, 4) is 0 Å². The number of amidine groups is 1. The number of hydrogen-bond acceptors (Lipinski definition) is 4. The van der Waals surface area contributed by atoms with E-state index in [2.05, 4.69) is 22.0 Å². The van der Waals surface area contributed by atoms with E-state index in [0.717, 1.165) is 18.8 Å². The zero-order valence-electron chi connectivity index (χ0n) is 10.0. The number of hydrogen-bond donors (Lipinski definition) is 2. The molecule has 2 heterocycles. The first-order chi connectivity index (χ1) is 8.26. The molecule has 1 aliphatic heterocycles. The van der Waals surface area contributed by atoms with E-state index in [4.69, 9.17) is 10.9 Å². The lowest BCUT2D eigenvalue weighted by molar-refractivity contribution is 0.318. The quantitative estimate of drug-likeness (QED) is 0.360. The summed E-state index contributed by atoms with van der Waals surface area (Å²) < 4.78 is 0. The van der Waals surface area contributed by atoms with Crippen LogP contribution in [0.4, 0.5) is 5.82 Å². The van der Waals surface area contributed by atoms with Crippen molar-refractivity contribution in [1.82, 2.24) is 4.98 Å². The van der Waals surface area contributed by atoms with E-state index >= 15 is 0 Å². The van der Waals surface area contributed by atoms with Gasteiger partial charge in [-0.15, -0.1) is 0 Å². The molecule has 5 heteroatoms. The van der Waals surface area contributed by atoms with E-state index in [0.29, 0.717) is 11.7 Å². The fraction of sp³-hybridized carbons (Fsp3) is 0.500. The lowest BCUT2D eigenvalue weighted by Crippen LogP contribution is -2.30. The lowest BCUT2D eigenvalue weighted by atomic mass is 10.2. The number of aromatic nitrogens is 1. The van der Waals surface area contributed by atoms with Gasteiger partial charge in [0.15, 0.2) is 5.84 Å². The number of oxime groups is 1. The molecule has 1 aromatic heterocycles. The predicted molar refractivity (Wildman–Crippen MR) is 67.4 cm³/mol. The summed E-state index contributed by atoms with van der Waals surface area (Å²) in [5, 5.41) is 11.6. The molecule has 1 aliphatic rings. The van der Waals surface area contributed by atoms with Crippen LogP contribution in [0.5, 0.6) is 0 Å². The largest absolute Gasteiger partial charge is 0.409 e. The Kier molecular flexibility index (Phi) is 3.46. The van der Waals surface area contributed by atoms with Crippen LogP contribution in [0.2, 0.25) is 0 Å². The number of nitrogens with two attached hydrogens (primary N) is 1. The highest BCUT2D eigenvalue weighted by molar-refractivity contribution is 5.95. The summed E-state index contributed by atoms with van der Waals surface area (Å²) >= 11 is 0. The Labute approximate surface area is 101 Å². The van der Waals surface area contributed by atoms with Gasteiger partial charge in [-0.2, -0.15) is 0 Å². The van der Waals surface area contributed by atoms with Crippen molar-refractivity contribution in [1.29, 1.82) is 0 Å². The normalized spacial score (nSPS) is 20.9. The van der Waals surface area contributed by atoms with Gasteiger partial charge in [0, 0.05) is 12.6 Å². The molecule has 0 saturated carbocycles. The standard InChI is InChI=1S/C12H18N4O/c1-2-9-5-4-8-16(9)11-7-3-6-10(14-11)12(13)15-17/h3,6-7,9,17H,2,4-5,8H2,1H3,(H2,13,15). The molecule has 3 N–H and O–H groups in total. The number of nitrogens with zero attached hydrogens (tertiary/aromatic N) is 3. The Morgan fingerprint density at radius 2 is 2.47 bits per heavy atom. The molecule has 1 saturated heterocycles. The first kappa shape index (κ1) is 11.7. The zero-order valence-corrected chi connectivity index (χ0v) is 10.0. The fourth-order valence-corrected chi connectivity index (χ4v) is 2.34. The van der Waals surface area contributed by atoms with Crippen LogP contribution < -0.4 is 10.6 Å². The number of rotatable bonds is 3. The molecule has 0 spiro atoms. The summed E-state index contributed by atoms with van der Waals surface area (Å²) in [6.07, 6.45) is 3.54. The zero-order chi connectivity index (χ0) is 12.3. The predicted octanol–water partition coefficient (Wildman–Crippen LogP) is 1.55. The van der Waals surface area contributed by atoms with E-state index in [9.17, 15) is 0 Å². The molecule has 1 unspecified atom stereocenters. The monoisotopic (exact) mass is 234 g/mol. The molecule has 1 atom stereocenters. The van der Waals surface area contributed by atoms with E-state index in [-0.39, 0.29) is 5.84 Å². The smallest absolute Gasteiger partial charge is 0.188 e. The molecule has 17 heavy (non-hydrogen) atoms. The van der Waals surface area contributed by atoms with Crippen molar-refractivity contribution < 1.29 is 5.21 Å². The maximum atomic E-state index is 8.65. The molecule has 0 aromatic carbocycles. The van der Waals surface area contributed by atoms with Crippen LogP contribution in [-0.4, -0.2) is 28.6 Å². The molecule has 1 aromatic rings. The Balaban J connectivity index is 2.27. The van der Waals surface area contributed by atoms with Crippen LogP contribution in [0.1, 0.15) is 31.9 Å². The highest BCUT2D eigenvalue weighted by atomic mass is 16.4. The van der Waals surface area contributed by atoms with Crippen LogP contribution >= 0.6 is 0 Å². The number of anilines is 1. The van der Waals surface area contributed by atoms with Gasteiger partial charge in [-0.25, -0.2) is 4.98 Å². The second-order valence-electron chi connectivity index (χ2n) is 4.26. The molecule has 0 radical (unpaired) electrons. The molecule has 0 bridgehead atoms. The fourth-order valence-electron chi connectivity index (χ4n) is 2.34. The third-order valence-corrected chi connectivity index (χ3v) is 3.25. The second kappa shape index (κ2) is 5.03. The third kappa shape index (κ3) is 2.33. The van der Waals surface area contributed by atoms with Gasteiger partial charge in [-0.05, 0) is 31.4 Å². The van der Waals surface area contributed by atoms with Crippen LogP contribution in [-0.2, 0) is 0 Å². The van der Waals surface area contributed by atoms with Gasteiger partial charge >= 0.3 is 0 Å². The summed E-state index contributed by atoms with van der Waals surface area (Å²) in [7, 11) is 0. The van der Waals surface area contributed by atoms with Gasteiger partial charge in [-0.3, -0.25) is 0 Å². The average molecular weight is 234 g/mol. The summed E-state index contributed by atoms with van der Waals surface area (Å²) in [6, 6.07) is 6.17. The minimum absolute atomic E-state index is 0.0547. The van der Waals surface area contributed by atoms with Gasteiger partial charge in [0.05, 0.1) is 0 Å². The second-order valence-corrected chi connectivity index (χ2v) is 4.26. The molecule has 1 fully saturated rings. The van der Waals surface area contributed by atoms with Crippen molar-refractivity contribution in [2.75, 3.05) is 11.4 Å². The van der Waals surface area contributed by atoms with Crippen molar-refractivity contribution in [3.63, 3.8) is 0 Å². The van der Waals surface area contributed by atoms with Crippen LogP contribution in [0.25, 0.3) is 0 Å². The molecular formula is C12H18N4O. The topological polar surface area (TPSA) is 74.7 Å².